The molecule has 0 radical (unpaired) electrons. The van der Waals surface area contributed by atoms with Crippen LogP contribution >= 0.6 is 39.3 Å². The highest BCUT2D eigenvalue weighted by atomic mass is 79.9. The van der Waals surface area contributed by atoms with E-state index in [2.05, 4.69) is 45.3 Å². The van der Waals surface area contributed by atoms with Gasteiger partial charge in [-0.25, -0.2) is 0 Å². The quantitative estimate of drug-likeness (QED) is 0.599. The Morgan fingerprint density at radius 1 is 1.33 bits per heavy atom. The van der Waals surface area contributed by atoms with Crippen LogP contribution in [-0.2, 0) is 18.7 Å². The Bertz CT molecular complexity index is 537. The third kappa shape index (κ3) is 3.11. The third-order valence-corrected chi connectivity index (χ3v) is 5.08. The molecule has 5 heteroatoms. The summed E-state index contributed by atoms with van der Waals surface area (Å²) in [5.41, 5.74) is 3.39. The highest BCUT2D eigenvalue weighted by Gasteiger charge is 2.10. The van der Waals surface area contributed by atoms with E-state index in [-0.39, 0.29) is 0 Å². The van der Waals surface area contributed by atoms with E-state index >= 15 is 0 Å². The lowest BCUT2D eigenvalue weighted by atomic mass is 10.2. The summed E-state index contributed by atoms with van der Waals surface area (Å²) in [4.78, 5) is 1.25. The van der Waals surface area contributed by atoms with Gasteiger partial charge in [-0.15, -0.1) is 23.4 Å². The van der Waals surface area contributed by atoms with Gasteiger partial charge in [0.05, 0.1) is 15.9 Å². The molecule has 0 unspecified atom stereocenters. The standard InChI is InChI=1S/C13H14BrClN2S/c1-9-13(14)12(17(2)16-9)8-18-11-5-3-10(7-15)4-6-11/h3-6H,7-8H2,1-2H3. The van der Waals surface area contributed by atoms with Crippen molar-refractivity contribution in [3.05, 3.63) is 45.7 Å². The molecule has 0 amide bonds. The zero-order valence-electron chi connectivity index (χ0n) is 10.3. The van der Waals surface area contributed by atoms with Gasteiger partial charge in [0, 0.05) is 23.6 Å². The van der Waals surface area contributed by atoms with Gasteiger partial charge in [-0.2, -0.15) is 5.10 Å². The number of rotatable bonds is 4. The number of thioether (sulfide) groups is 1. The number of benzene rings is 1. The van der Waals surface area contributed by atoms with E-state index < -0.39 is 0 Å². The molecule has 1 aromatic carbocycles. The Morgan fingerprint density at radius 2 is 2.00 bits per heavy atom. The topological polar surface area (TPSA) is 17.8 Å². The minimum Gasteiger partial charge on any atom is -0.270 e. The van der Waals surface area contributed by atoms with Gasteiger partial charge in [0.2, 0.25) is 0 Å². The van der Waals surface area contributed by atoms with Crippen molar-refractivity contribution in [1.29, 1.82) is 0 Å². The Morgan fingerprint density at radius 3 is 2.50 bits per heavy atom. The first-order valence-corrected chi connectivity index (χ1v) is 7.89. The monoisotopic (exact) mass is 344 g/mol. The van der Waals surface area contributed by atoms with Crippen LogP contribution in [0.5, 0.6) is 0 Å². The summed E-state index contributed by atoms with van der Waals surface area (Å²) >= 11 is 11.2. The van der Waals surface area contributed by atoms with E-state index in [4.69, 9.17) is 11.6 Å². The number of halogens is 2. The van der Waals surface area contributed by atoms with Crippen LogP contribution in [-0.4, -0.2) is 9.78 Å². The molecule has 0 bridgehead atoms. The van der Waals surface area contributed by atoms with Gasteiger partial charge in [-0.05, 0) is 40.5 Å². The van der Waals surface area contributed by atoms with Crippen molar-refractivity contribution >= 4 is 39.3 Å². The molecule has 2 rings (SSSR count). The summed E-state index contributed by atoms with van der Waals surface area (Å²) < 4.78 is 3.04. The Kier molecular flexibility index (Phi) is 4.76. The van der Waals surface area contributed by atoms with E-state index in [9.17, 15) is 0 Å². The van der Waals surface area contributed by atoms with Crippen molar-refractivity contribution in [2.24, 2.45) is 7.05 Å². The van der Waals surface area contributed by atoms with E-state index in [1.54, 1.807) is 11.8 Å². The van der Waals surface area contributed by atoms with Crippen LogP contribution < -0.4 is 0 Å². The first kappa shape index (κ1) is 14.0. The molecule has 0 N–H and O–H groups in total. The fraction of sp³-hybridized carbons (Fsp3) is 0.308. The van der Waals surface area contributed by atoms with Crippen LogP contribution in [0.2, 0.25) is 0 Å². The smallest absolute Gasteiger partial charge is 0.0738 e. The van der Waals surface area contributed by atoms with Crippen LogP contribution in [0, 0.1) is 6.92 Å². The largest absolute Gasteiger partial charge is 0.270 e. The molecule has 1 heterocycles. The summed E-state index contributed by atoms with van der Waals surface area (Å²) in [5.74, 6) is 1.47. The minimum absolute atomic E-state index is 0.567. The van der Waals surface area contributed by atoms with Gasteiger partial charge in [-0.1, -0.05) is 12.1 Å². The minimum atomic E-state index is 0.567. The molecule has 0 spiro atoms. The number of aromatic nitrogens is 2. The molecule has 0 atom stereocenters. The third-order valence-electron chi connectivity index (χ3n) is 2.71. The molecule has 2 aromatic rings. The van der Waals surface area contributed by atoms with E-state index in [0.29, 0.717) is 5.88 Å². The van der Waals surface area contributed by atoms with Crippen LogP contribution in [0.3, 0.4) is 0 Å². The SMILES string of the molecule is Cc1nn(C)c(CSc2ccc(CCl)cc2)c1Br. The summed E-state index contributed by atoms with van der Waals surface area (Å²) in [6.07, 6.45) is 0. The lowest BCUT2D eigenvalue weighted by molar-refractivity contribution is 0.727. The summed E-state index contributed by atoms with van der Waals surface area (Å²) in [6.45, 7) is 2.01. The molecule has 2 nitrogen and oxygen atoms in total. The average molecular weight is 346 g/mol. The van der Waals surface area contributed by atoms with Crippen LogP contribution in [0.4, 0.5) is 0 Å². The molecule has 18 heavy (non-hydrogen) atoms. The highest BCUT2D eigenvalue weighted by molar-refractivity contribution is 9.10. The molecule has 0 fully saturated rings. The van der Waals surface area contributed by atoms with Gasteiger partial charge < -0.3 is 0 Å². The second kappa shape index (κ2) is 6.13. The number of alkyl halides is 1. The second-order valence-electron chi connectivity index (χ2n) is 4.04. The van der Waals surface area contributed by atoms with Gasteiger partial charge >= 0.3 is 0 Å². The predicted molar refractivity (Wildman–Crippen MR) is 81.2 cm³/mol. The van der Waals surface area contributed by atoms with Gasteiger partial charge in [0.25, 0.3) is 0 Å². The van der Waals surface area contributed by atoms with E-state index in [1.807, 2.05) is 18.7 Å². The van der Waals surface area contributed by atoms with Crippen LogP contribution in [0.15, 0.2) is 33.6 Å². The fourth-order valence-corrected chi connectivity index (χ4v) is 3.47. The summed E-state index contributed by atoms with van der Waals surface area (Å²) in [6, 6.07) is 8.36. The lowest BCUT2D eigenvalue weighted by Gasteiger charge is -2.04. The van der Waals surface area contributed by atoms with Crippen LogP contribution in [0.25, 0.3) is 0 Å². The van der Waals surface area contributed by atoms with Crippen molar-refractivity contribution in [3.8, 4) is 0 Å². The zero-order valence-corrected chi connectivity index (χ0v) is 13.4. The molecule has 0 aliphatic carbocycles. The first-order chi connectivity index (χ1) is 8.61. The maximum absolute atomic E-state index is 5.77. The van der Waals surface area contributed by atoms with Crippen molar-refractivity contribution in [2.75, 3.05) is 0 Å². The molecular formula is C13H14BrClN2S. The van der Waals surface area contributed by atoms with E-state index in [1.165, 1.54) is 10.6 Å². The van der Waals surface area contributed by atoms with Gasteiger partial charge in [0.1, 0.15) is 0 Å². The number of aryl methyl sites for hydroxylation is 2. The predicted octanol–water partition coefficient (Wildman–Crippen LogP) is 4.52. The van der Waals surface area contributed by atoms with Crippen LogP contribution in [0.1, 0.15) is 17.0 Å². The normalized spacial score (nSPS) is 10.9. The van der Waals surface area contributed by atoms with Gasteiger partial charge in [0.15, 0.2) is 0 Å². The lowest BCUT2D eigenvalue weighted by Crippen LogP contribution is -1.96. The van der Waals surface area contributed by atoms with Crippen molar-refractivity contribution < 1.29 is 0 Å². The number of nitrogens with zero attached hydrogens (tertiary/aromatic N) is 2. The van der Waals surface area contributed by atoms with E-state index in [0.717, 1.165) is 21.5 Å². The summed E-state index contributed by atoms with van der Waals surface area (Å²) in [7, 11) is 1.98. The van der Waals surface area contributed by atoms with Crippen molar-refractivity contribution in [1.82, 2.24) is 9.78 Å². The van der Waals surface area contributed by atoms with Crippen molar-refractivity contribution in [2.45, 2.75) is 23.5 Å². The summed E-state index contributed by atoms with van der Waals surface area (Å²) in [5, 5.41) is 4.39. The molecule has 96 valence electrons. The fourth-order valence-electron chi connectivity index (χ4n) is 1.66. The Labute approximate surface area is 125 Å². The second-order valence-corrected chi connectivity index (χ2v) is 6.14. The highest BCUT2D eigenvalue weighted by Crippen LogP contribution is 2.28. The maximum atomic E-state index is 5.77. The molecule has 1 aromatic heterocycles. The van der Waals surface area contributed by atoms with Crippen molar-refractivity contribution in [3.63, 3.8) is 0 Å². The maximum Gasteiger partial charge on any atom is 0.0738 e. The molecule has 0 saturated heterocycles. The Hall–Kier alpha value is -0.450. The molecule has 0 saturated carbocycles. The first-order valence-electron chi connectivity index (χ1n) is 5.57. The van der Waals surface area contributed by atoms with Gasteiger partial charge in [-0.3, -0.25) is 4.68 Å². The molecular weight excluding hydrogens is 332 g/mol. The molecule has 0 aliphatic heterocycles. The number of hydrogen-bond acceptors (Lipinski definition) is 2. The number of hydrogen-bond donors (Lipinski definition) is 0. The molecule has 0 aliphatic rings. The Balaban J connectivity index is 2.06. The average Bonchev–Trinajstić information content (AvgIpc) is 2.62. The zero-order chi connectivity index (χ0) is 13.1.